The molecule has 0 aliphatic rings. The molecule has 0 spiro atoms. The Balaban J connectivity index is 2.94. The zero-order valence-corrected chi connectivity index (χ0v) is 20.4. The first-order chi connectivity index (χ1) is 17.3. The molecule has 14 heteroatoms. The number of aromatic hydroxyl groups is 1. The van der Waals surface area contributed by atoms with Crippen LogP contribution in [-0.4, -0.2) is 86.9 Å². The molecule has 0 bridgehead atoms. The number of amides is 3. The van der Waals surface area contributed by atoms with E-state index in [1.807, 2.05) is 5.32 Å². The Bertz CT molecular complexity index is 939. The smallest absolute Gasteiger partial charge is 0.326 e. The van der Waals surface area contributed by atoms with Gasteiger partial charge >= 0.3 is 11.9 Å². The number of carbonyl (C=O) groups excluding carboxylic acids is 3. The summed E-state index contributed by atoms with van der Waals surface area (Å²) in [6.45, 7) is 1.51. The van der Waals surface area contributed by atoms with E-state index in [2.05, 4.69) is 10.6 Å². The number of benzene rings is 1. The van der Waals surface area contributed by atoms with E-state index in [0.29, 0.717) is 24.9 Å². The molecule has 0 radical (unpaired) electrons. The molecule has 0 fully saturated rings. The fourth-order valence-corrected chi connectivity index (χ4v) is 3.31. The van der Waals surface area contributed by atoms with Crippen molar-refractivity contribution in [2.45, 2.75) is 69.3 Å². The van der Waals surface area contributed by atoms with Gasteiger partial charge in [-0.15, -0.1) is 0 Å². The molecule has 5 unspecified atom stereocenters. The maximum absolute atomic E-state index is 13.0. The van der Waals surface area contributed by atoms with Gasteiger partial charge in [-0.2, -0.15) is 0 Å². The van der Waals surface area contributed by atoms with Gasteiger partial charge in [-0.25, -0.2) is 4.79 Å². The molecule has 0 aliphatic carbocycles. The fourth-order valence-electron chi connectivity index (χ4n) is 3.31. The minimum Gasteiger partial charge on any atom is -0.508 e. The second-order valence-electron chi connectivity index (χ2n) is 8.55. The van der Waals surface area contributed by atoms with E-state index in [1.165, 1.54) is 19.1 Å². The second-order valence-corrected chi connectivity index (χ2v) is 8.55. The average molecular weight is 526 g/mol. The minimum absolute atomic E-state index is 0.0488. The highest BCUT2D eigenvalue weighted by Gasteiger charge is 2.33. The lowest BCUT2D eigenvalue weighted by Gasteiger charge is -2.26. The van der Waals surface area contributed by atoms with Crippen LogP contribution in [0.4, 0.5) is 0 Å². The van der Waals surface area contributed by atoms with Crippen LogP contribution < -0.4 is 27.4 Å². The molecule has 1 aromatic rings. The third-order valence-corrected chi connectivity index (χ3v) is 5.36. The van der Waals surface area contributed by atoms with Gasteiger partial charge in [0.25, 0.3) is 0 Å². The number of phenols is 1. The van der Waals surface area contributed by atoms with Crippen LogP contribution in [0.5, 0.6) is 5.75 Å². The van der Waals surface area contributed by atoms with Crippen LogP contribution in [0.3, 0.4) is 0 Å². The molecular formula is C23H35N5O9. The standard InChI is InChI=1S/C23H35N5O9/c1-12(29)19(22(35)27-17(23(36)37)11-18(31)32)28-21(34)16(4-2-3-9-24)26-20(33)15(25)10-13-5-7-14(30)8-6-13/h5-8,12,15-17,19,29-30H,2-4,9-11,24-25H2,1H3,(H,26,33)(H,27,35)(H,28,34)(H,31,32)(H,36,37). The lowest BCUT2D eigenvalue weighted by atomic mass is 10.0. The highest BCUT2D eigenvalue weighted by molar-refractivity contribution is 5.95. The number of aliphatic carboxylic acids is 2. The monoisotopic (exact) mass is 525 g/mol. The number of phenolic OH excluding ortho intramolecular Hbond substituents is 1. The number of hydrogen-bond donors (Lipinski definition) is 9. The highest BCUT2D eigenvalue weighted by atomic mass is 16.4. The van der Waals surface area contributed by atoms with Gasteiger partial charge in [0.05, 0.1) is 18.6 Å². The zero-order valence-electron chi connectivity index (χ0n) is 20.4. The van der Waals surface area contributed by atoms with Crippen molar-refractivity contribution in [3.8, 4) is 5.75 Å². The first-order valence-electron chi connectivity index (χ1n) is 11.6. The number of carboxylic acid groups (broad SMARTS) is 2. The maximum atomic E-state index is 13.0. The van der Waals surface area contributed by atoms with Crippen molar-refractivity contribution >= 4 is 29.7 Å². The van der Waals surface area contributed by atoms with Crippen LogP contribution in [0.25, 0.3) is 0 Å². The van der Waals surface area contributed by atoms with E-state index in [-0.39, 0.29) is 18.6 Å². The molecular weight excluding hydrogens is 490 g/mol. The lowest BCUT2D eigenvalue weighted by molar-refractivity contribution is -0.148. The Hall–Kier alpha value is -3.75. The average Bonchev–Trinajstić information content (AvgIpc) is 2.82. The largest absolute Gasteiger partial charge is 0.508 e. The number of aliphatic hydroxyl groups excluding tert-OH is 1. The molecule has 3 amide bonds. The lowest BCUT2D eigenvalue weighted by Crippen LogP contribution is -2.60. The number of carboxylic acids is 2. The van der Waals surface area contributed by atoms with Gasteiger partial charge in [0, 0.05) is 0 Å². The summed E-state index contributed by atoms with van der Waals surface area (Å²) in [7, 11) is 0. The van der Waals surface area contributed by atoms with Crippen molar-refractivity contribution in [1.29, 1.82) is 0 Å². The Morgan fingerprint density at radius 1 is 0.892 bits per heavy atom. The topological polar surface area (TPSA) is 254 Å². The van der Waals surface area contributed by atoms with Gasteiger partial charge in [-0.05, 0) is 56.8 Å². The summed E-state index contributed by atoms with van der Waals surface area (Å²) in [5, 5.41) is 44.2. The summed E-state index contributed by atoms with van der Waals surface area (Å²) in [5.41, 5.74) is 12.1. The number of unbranched alkanes of at least 4 members (excludes halogenated alkanes) is 1. The Kier molecular flexibility index (Phi) is 13.0. The number of carbonyl (C=O) groups is 5. The number of nitrogens with one attached hydrogen (secondary N) is 3. The van der Waals surface area contributed by atoms with Gasteiger partial charge in [0.2, 0.25) is 17.7 Å². The SMILES string of the molecule is CC(O)C(NC(=O)C(CCCCN)NC(=O)C(N)Cc1ccc(O)cc1)C(=O)NC(CC(=O)O)C(=O)O. The van der Waals surface area contributed by atoms with Crippen LogP contribution >= 0.6 is 0 Å². The molecule has 0 saturated heterocycles. The highest BCUT2D eigenvalue weighted by Crippen LogP contribution is 2.11. The third kappa shape index (κ3) is 11.2. The van der Waals surface area contributed by atoms with Crippen molar-refractivity contribution < 1.29 is 44.4 Å². The van der Waals surface area contributed by atoms with E-state index in [0.717, 1.165) is 0 Å². The van der Waals surface area contributed by atoms with Gasteiger partial charge in [0.15, 0.2) is 0 Å². The molecule has 206 valence electrons. The van der Waals surface area contributed by atoms with Crippen LogP contribution in [0.1, 0.15) is 38.2 Å². The summed E-state index contributed by atoms with van der Waals surface area (Å²) < 4.78 is 0. The van der Waals surface area contributed by atoms with Crippen molar-refractivity contribution in [2.75, 3.05) is 6.54 Å². The fraction of sp³-hybridized carbons (Fsp3) is 0.522. The molecule has 14 nitrogen and oxygen atoms in total. The van der Waals surface area contributed by atoms with Gasteiger partial charge < -0.3 is 47.8 Å². The van der Waals surface area contributed by atoms with Crippen LogP contribution in [0.2, 0.25) is 0 Å². The Labute approximate surface area is 213 Å². The van der Waals surface area contributed by atoms with Crippen molar-refractivity contribution in [3.05, 3.63) is 29.8 Å². The van der Waals surface area contributed by atoms with Gasteiger partial charge in [0.1, 0.15) is 23.9 Å². The predicted molar refractivity (Wildman–Crippen MR) is 130 cm³/mol. The molecule has 1 aromatic carbocycles. The summed E-state index contributed by atoms with van der Waals surface area (Å²) in [4.78, 5) is 60.4. The summed E-state index contributed by atoms with van der Waals surface area (Å²) in [6.07, 6.45) is -1.19. The molecule has 1 rings (SSSR count). The second kappa shape index (κ2) is 15.4. The van der Waals surface area contributed by atoms with Gasteiger partial charge in [-0.3, -0.25) is 19.2 Å². The Morgan fingerprint density at radius 3 is 2.00 bits per heavy atom. The van der Waals surface area contributed by atoms with E-state index >= 15 is 0 Å². The van der Waals surface area contributed by atoms with E-state index in [1.54, 1.807) is 12.1 Å². The number of aliphatic hydroxyl groups is 1. The molecule has 11 N–H and O–H groups in total. The van der Waals surface area contributed by atoms with Crippen molar-refractivity contribution in [2.24, 2.45) is 11.5 Å². The van der Waals surface area contributed by atoms with Crippen LogP contribution in [-0.2, 0) is 30.4 Å². The first kappa shape index (κ1) is 31.3. The maximum Gasteiger partial charge on any atom is 0.326 e. The molecule has 0 aromatic heterocycles. The van der Waals surface area contributed by atoms with E-state index in [9.17, 15) is 34.2 Å². The number of rotatable bonds is 16. The van der Waals surface area contributed by atoms with Gasteiger partial charge in [-0.1, -0.05) is 12.1 Å². The Morgan fingerprint density at radius 2 is 1.49 bits per heavy atom. The quantitative estimate of drug-likeness (QED) is 0.104. The molecule has 0 aliphatic heterocycles. The van der Waals surface area contributed by atoms with Crippen LogP contribution in [0.15, 0.2) is 24.3 Å². The molecule has 5 atom stereocenters. The summed E-state index contributed by atoms with van der Waals surface area (Å²) in [5.74, 6) is -5.65. The normalized spacial score (nSPS) is 14.9. The van der Waals surface area contributed by atoms with Crippen molar-refractivity contribution in [1.82, 2.24) is 16.0 Å². The molecule has 0 heterocycles. The molecule has 0 saturated carbocycles. The first-order valence-corrected chi connectivity index (χ1v) is 11.6. The summed E-state index contributed by atoms with van der Waals surface area (Å²) in [6, 6.07) is 0.434. The van der Waals surface area contributed by atoms with Crippen molar-refractivity contribution in [3.63, 3.8) is 0 Å². The summed E-state index contributed by atoms with van der Waals surface area (Å²) >= 11 is 0. The van der Waals surface area contributed by atoms with E-state index < -0.39 is 66.4 Å². The molecule has 37 heavy (non-hydrogen) atoms. The third-order valence-electron chi connectivity index (χ3n) is 5.36. The zero-order chi connectivity index (χ0) is 28.1. The predicted octanol–water partition coefficient (Wildman–Crippen LogP) is -2.21. The van der Waals surface area contributed by atoms with E-state index in [4.69, 9.17) is 21.7 Å². The minimum atomic E-state index is -1.79. The number of hydrogen-bond acceptors (Lipinski definition) is 9. The number of nitrogens with two attached hydrogens (primary N) is 2. The van der Waals surface area contributed by atoms with Crippen LogP contribution in [0, 0.1) is 0 Å².